The van der Waals surface area contributed by atoms with Gasteiger partial charge in [-0.15, -0.1) is 0 Å². The fourth-order valence-corrected chi connectivity index (χ4v) is 2.60. The monoisotopic (exact) mass is 373 g/mol. The SMILES string of the molecule is CCCOCC(C)(N)c1noc(-c2cc(Cl)cc(Br)c2)n1. The molecule has 5 nitrogen and oxygen atoms in total. The second kappa shape index (κ2) is 6.87. The van der Waals surface area contributed by atoms with Crippen LogP contribution in [0.1, 0.15) is 26.1 Å². The van der Waals surface area contributed by atoms with Crippen LogP contribution in [0.3, 0.4) is 0 Å². The molecule has 1 aromatic heterocycles. The van der Waals surface area contributed by atoms with Crippen molar-refractivity contribution in [2.45, 2.75) is 25.8 Å². The largest absolute Gasteiger partial charge is 0.379 e. The molecular weight excluding hydrogens is 358 g/mol. The molecule has 0 amide bonds. The highest BCUT2D eigenvalue weighted by Crippen LogP contribution is 2.27. The lowest BCUT2D eigenvalue weighted by atomic mass is 10.1. The van der Waals surface area contributed by atoms with Crippen molar-refractivity contribution in [3.8, 4) is 11.5 Å². The second-order valence-electron chi connectivity index (χ2n) is 5.05. The van der Waals surface area contributed by atoms with E-state index >= 15 is 0 Å². The molecule has 0 saturated carbocycles. The van der Waals surface area contributed by atoms with Crippen LogP contribution in [0.5, 0.6) is 0 Å². The van der Waals surface area contributed by atoms with Crippen LogP contribution in [0, 0.1) is 0 Å². The summed E-state index contributed by atoms with van der Waals surface area (Å²) in [5, 5.41) is 4.54. The first-order chi connectivity index (χ1) is 9.92. The van der Waals surface area contributed by atoms with Crippen LogP contribution in [0.2, 0.25) is 5.02 Å². The van der Waals surface area contributed by atoms with Gasteiger partial charge in [0.05, 0.1) is 6.61 Å². The normalized spacial score (nSPS) is 14.1. The number of hydrogen-bond donors (Lipinski definition) is 1. The van der Waals surface area contributed by atoms with E-state index in [1.54, 1.807) is 12.1 Å². The number of aromatic nitrogens is 2. The Balaban J connectivity index is 2.20. The maximum absolute atomic E-state index is 6.18. The van der Waals surface area contributed by atoms with Gasteiger partial charge in [-0.2, -0.15) is 4.98 Å². The third kappa shape index (κ3) is 4.26. The Kier molecular flexibility index (Phi) is 5.37. The van der Waals surface area contributed by atoms with E-state index in [4.69, 9.17) is 26.6 Å². The minimum Gasteiger partial charge on any atom is -0.379 e. The quantitative estimate of drug-likeness (QED) is 0.779. The third-order valence-corrected chi connectivity index (χ3v) is 3.47. The molecule has 0 bridgehead atoms. The molecular formula is C14H17BrClN3O2. The van der Waals surface area contributed by atoms with Gasteiger partial charge in [-0.3, -0.25) is 0 Å². The van der Waals surface area contributed by atoms with Crippen molar-refractivity contribution in [2.75, 3.05) is 13.2 Å². The summed E-state index contributed by atoms with van der Waals surface area (Å²) in [5.74, 6) is 0.782. The Hall–Kier alpha value is -0.950. The van der Waals surface area contributed by atoms with Gasteiger partial charge in [0, 0.05) is 21.7 Å². The zero-order valence-electron chi connectivity index (χ0n) is 11.9. The minimum atomic E-state index is -0.799. The highest BCUT2D eigenvalue weighted by atomic mass is 79.9. The van der Waals surface area contributed by atoms with Crippen LogP contribution in [-0.2, 0) is 10.3 Å². The molecule has 21 heavy (non-hydrogen) atoms. The molecule has 1 unspecified atom stereocenters. The van der Waals surface area contributed by atoms with E-state index in [1.165, 1.54) is 0 Å². The lowest BCUT2D eigenvalue weighted by Crippen LogP contribution is -2.39. The molecule has 1 heterocycles. The van der Waals surface area contributed by atoms with Gasteiger partial charge in [0.25, 0.3) is 5.89 Å². The average molecular weight is 375 g/mol. The summed E-state index contributed by atoms with van der Waals surface area (Å²) in [6, 6.07) is 5.39. The Morgan fingerprint density at radius 1 is 1.43 bits per heavy atom. The van der Waals surface area contributed by atoms with Crippen molar-refractivity contribution >= 4 is 27.5 Å². The van der Waals surface area contributed by atoms with Crippen LogP contribution in [-0.4, -0.2) is 23.4 Å². The first kappa shape index (κ1) is 16.4. The van der Waals surface area contributed by atoms with E-state index < -0.39 is 5.54 Å². The van der Waals surface area contributed by atoms with Crippen LogP contribution in [0.15, 0.2) is 27.2 Å². The number of hydrogen-bond acceptors (Lipinski definition) is 5. The summed E-state index contributed by atoms with van der Waals surface area (Å²) in [6.07, 6.45) is 0.935. The summed E-state index contributed by atoms with van der Waals surface area (Å²) in [5.41, 5.74) is 6.12. The number of halogens is 2. The van der Waals surface area contributed by atoms with E-state index in [1.807, 2.05) is 19.9 Å². The Morgan fingerprint density at radius 3 is 2.86 bits per heavy atom. The van der Waals surface area contributed by atoms with E-state index in [-0.39, 0.29) is 0 Å². The Morgan fingerprint density at radius 2 is 2.19 bits per heavy atom. The maximum Gasteiger partial charge on any atom is 0.258 e. The van der Waals surface area contributed by atoms with Gasteiger partial charge in [-0.05, 0) is 31.5 Å². The first-order valence-electron chi connectivity index (χ1n) is 6.59. The van der Waals surface area contributed by atoms with Gasteiger partial charge < -0.3 is 15.0 Å². The van der Waals surface area contributed by atoms with Gasteiger partial charge in [0.15, 0.2) is 5.82 Å². The van der Waals surface area contributed by atoms with Crippen molar-refractivity contribution in [1.82, 2.24) is 10.1 Å². The third-order valence-electron chi connectivity index (χ3n) is 2.80. The fourth-order valence-electron chi connectivity index (χ4n) is 1.74. The zero-order chi connectivity index (χ0) is 15.5. The number of benzene rings is 1. The number of ether oxygens (including phenoxy) is 1. The topological polar surface area (TPSA) is 74.2 Å². The van der Waals surface area contributed by atoms with Crippen molar-refractivity contribution in [3.05, 3.63) is 33.5 Å². The highest BCUT2D eigenvalue weighted by molar-refractivity contribution is 9.10. The Bertz CT molecular complexity index is 596. The number of nitrogens with two attached hydrogens (primary N) is 1. The molecule has 2 aromatic rings. The van der Waals surface area contributed by atoms with Crippen molar-refractivity contribution in [1.29, 1.82) is 0 Å². The first-order valence-corrected chi connectivity index (χ1v) is 7.77. The van der Waals surface area contributed by atoms with Gasteiger partial charge in [0.2, 0.25) is 0 Å². The van der Waals surface area contributed by atoms with Gasteiger partial charge in [-0.1, -0.05) is 39.6 Å². The number of rotatable bonds is 6. The standard InChI is InChI=1S/C14H17BrClN3O2/c1-3-4-20-8-14(2,17)13-18-12(21-19-13)9-5-10(15)7-11(16)6-9/h5-7H,3-4,8,17H2,1-2H3. The van der Waals surface area contributed by atoms with E-state index in [0.717, 1.165) is 16.5 Å². The molecule has 0 fully saturated rings. The smallest absolute Gasteiger partial charge is 0.258 e. The minimum absolute atomic E-state index is 0.332. The van der Waals surface area contributed by atoms with Gasteiger partial charge in [0.1, 0.15) is 5.54 Å². The van der Waals surface area contributed by atoms with E-state index in [2.05, 4.69) is 26.1 Å². The van der Waals surface area contributed by atoms with Crippen LogP contribution >= 0.6 is 27.5 Å². The van der Waals surface area contributed by atoms with Crippen LogP contribution in [0.4, 0.5) is 0 Å². The summed E-state index contributed by atoms with van der Waals surface area (Å²) >= 11 is 9.40. The van der Waals surface area contributed by atoms with E-state index in [9.17, 15) is 0 Å². The van der Waals surface area contributed by atoms with Crippen molar-refractivity contribution in [2.24, 2.45) is 5.73 Å². The predicted octanol–water partition coefficient (Wildman–Crippen LogP) is 3.75. The summed E-state index contributed by atoms with van der Waals surface area (Å²) in [4.78, 5) is 4.35. The predicted molar refractivity (Wildman–Crippen MR) is 85.1 cm³/mol. The zero-order valence-corrected chi connectivity index (χ0v) is 14.2. The molecule has 0 aliphatic heterocycles. The molecule has 0 saturated heterocycles. The molecule has 0 aliphatic carbocycles. The highest BCUT2D eigenvalue weighted by Gasteiger charge is 2.28. The molecule has 114 valence electrons. The summed E-state index contributed by atoms with van der Waals surface area (Å²) in [6.45, 7) is 4.83. The Labute approximate surface area is 136 Å². The molecule has 0 spiro atoms. The number of nitrogens with zero attached hydrogens (tertiary/aromatic N) is 2. The molecule has 1 atom stereocenters. The van der Waals surface area contributed by atoms with Gasteiger partial charge >= 0.3 is 0 Å². The molecule has 0 aliphatic rings. The molecule has 1 aromatic carbocycles. The van der Waals surface area contributed by atoms with Crippen LogP contribution in [0.25, 0.3) is 11.5 Å². The van der Waals surface area contributed by atoms with Gasteiger partial charge in [-0.25, -0.2) is 0 Å². The molecule has 0 radical (unpaired) electrons. The lowest BCUT2D eigenvalue weighted by Gasteiger charge is -2.19. The molecule has 2 rings (SSSR count). The fraction of sp³-hybridized carbons (Fsp3) is 0.429. The second-order valence-corrected chi connectivity index (χ2v) is 6.40. The lowest BCUT2D eigenvalue weighted by molar-refractivity contribution is 0.0867. The van der Waals surface area contributed by atoms with Crippen molar-refractivity contribution < 1.29 is 9.26 Å². The maximum atomic E-state index is 6.18. The summed E-state index contributed by atoms with van der Waals surface area (Å²) in [7, 11) is 0. The van der Waals surface area contributed by atoms with E-state index in [0.29, 0.717) is 30.0 Å². The van der Waals surface area contributed by atoms with Crippen molar-refractivity contribution in [3.63, 3.8) is 0 Å². The molecule has 7 heteroatoms. The summed E-state index contributed by atoms with van der Waals surface area (Å²) < 4.78 is 11.6. The average Bonchev–Trinajstić information content (AvgIpc) is 2.88. The molecule has 2 N–H and O–H groups in total. The van der Waals surface area contributed by atoms with Crippen LogP contribution < -0.4 is 5.73 Å².